The molecule has 0 N–H and O–H groups in total. The van der Waals surface area contributed by atoms with E-state index in [1.165, 1.54) is 27.1 Å². The Morgan fingerprint density at radius 1 is 0.489 bits per heavy atom. The molecule has 0 bridgehead atoms. The summed E-state index contributed by atoms with van der Waals surface area (Å²) in [7, 11) is 0. The maximum atomic E-state index is 7.70. The number of para-hydroxylation sites is 2. The Labute approximate surface area is 260 Å². The Hall–Kier alpha value is -6.24. The lowest BCUT2D eigenvalue weighted by Crippen LogP contribution is -1.94. The molecule has 0 fully saturated rings. The monoisotopic (exact) mass is 571 g/mol. The summed E-state index contributed by atoms with van der Waals surface area (Å²) in [5.41, 5.74) is 9.42. The predicted octanol–water partition coefficient (Wildman–Crippen LogP) is 11.5. The number of benzene rings is 7. The average molecular weight is 572 g/mol. The number of pyridine rings is 1. The summed E-state index contributed by atoms with van der Waals surface area (Å²) in [6.45, 7) is 7.70. The molecule has 3 nitrogen and oxygen atoms in total. The van der Waals surface area contributed by atoms with Gasteiger partial charge in [0, 0.05) is 22.0 Å². The van der Waals surface area contributed by atoms with Crippen molar-refractivity contribution < 1.29 is 0 Å². The van der Waals surface area contributed by atoms with Crippen molar-refractivity contribution in [1.29, 1.82) is 0 Å². The zero-order valence-corrected chi connectivity index (χ0v) is 24.3. The first kappa shape index (κ1) is 25.3. The van der Waals surface area contributed by atoms with E-state index in [1.807, 2.05) is 24.3 Å². The molecule has 0 unspecified atom stereocenters. The number of hydrogen-bond acceptors (Lipinski definition) is 1. The minimum absolute atomic E-state index is 0.642. The minimum Gasteiger partial charge on any atom is -0.309 e. The normalized spacial score (nSPS) is 11.5. The predicted molar refractivity (Wildman–Crippen MR) is 188 cm³/mol. The van der Waals surface area contributed by atoms with Crippen LogP contribution in [0, 0.1) is 6.57 Å². The first-order valence-electron chi connectivity index (χ1n) is 15.1. The van der Waals surface area contributed by atoms with Crippen LogP contribution >= 0.6 is 0 Å². The molecule has 2 heterocycles. The van der Waals surface area contributed by atoms with Gasteiger partial charge in [-0.1, -0.05) is 103 Å². The molecule has 0 saturated heterocycles. The second-order valence-electron chi connectivity index (χ2n) is 11.4. The van der Waals surface area contributed by atoms with Gasteiger partial charge in [0.25, 0.3) is 0 Å². The van der Waals surface area contributed by atoms with E-state index in [9.17, 15) is 0 Å². The quantitative estimate of drug-likeness (QED) is 0.153. The van der Waals surface area contributed by atoms with Crippen LogP contribution in [0.2, 0.25) is 0 Å². The highest BCUT2D eigenvalue weighted by atomic mass is 15.0. The van der Waals surface area contributed by atoms with E-state index < -0.39 is 0 Å². The van der Waals surface area contributed by atoms with Crippen molar-refractivity contribution in [3.05, 3.63) is 163 Å². The van der Waals surface area contributed by atoms with Crippen molar-refractivity contribution in [2.24, 2.45) is 0 Å². The molecular formula is C42H25N3. The fourth-order valence-corrected chi connectivity index (χ4v) is 7.01. The second-order valence-corrected chi connectivity index (χ2v) is 11.4. The third-order valence-corrected chi connectivity index (χ3v) is 8.97. The van der Waals surface area contributed by atoms with Gasteiger partial charge in [-0.2, -0.15) is 0 Å². The van der Waals surface area contributed by atoms with E-state index in [4.69, 9.17) is 11.6 Å². The van der Waals surface area contributed by atoms with Crippen LogP contribution in [0.1, 0.15) is 0 Å². The lowest BCUT2D eigenvalue weighted by molar-refractivity contribution is 1.18. The van der Waals surface area contributed by atoms with E-state index in [2.05, 4.69) is 137 Å². The van der Waals surface area contributed by atoms with Crippen LogP contribution in [0.25, 0.3) is 87.2 Å². The van der Waals surface area contributed by atoms with Crippen LogP contribution in [0.5, 0.6) is 0 Å². The summed E-state index contributed by atoms with van der Waals surface area (Å²) in [5.74, 6) is 0. The van der Waals surface area contributed by atoms with Gasteiger partial charge in [0.2, 0.25) is 0 Å². The summed E-state index contributed by atoms with van der Waals surface area (Å²) in [6.07, 6.45) is 0. The van der Waals surface area contributed by atoms with E-state index in [0.717, 1.165) is 55.2 Å². The Balaban J connectivity index is 1.37. The van der Waals surface area contributed by atoms with Crippen molar-refractivity contribution >= 4 is 59.9 Å². The molecule has 0 aliphatic heterocycles. The number of rotatable bonds is 3. The SMILES string of the molecule is [C-]#[N+]c1ccc2c(c1)c1cc(-c3c4ccccc4c(-c4ccc5ccccc5n4)c4ccccc34)ccc1n2-c1ccccc1. The highest BCUT2D eigenvalue weighted by Crippen LogP contribution is 2.45. The lowest BCUT2D eigenvalue weighted by Gasteiger charge is -2.17. The molecule has 9 rings (SSSR count). The molecule has 0 saturated carbocycles. The fraction of sp³-hybridized carbons (Fsp3) is 0. The fourth-order valence-electron chi connectivity index (χ4n) is 7.01. The second kappa shape index (κ2) is 9.91. The summed E-state index contributed by atoms with van der Waals surface area (Å²) in [5, 5.41) is 8.08. The average Bonchev–Trinajstić information content (AvgIpc) is 3.43. The Morgan fingerprint density at radius 2 is 1.09 bits per heavy atom. The largest absolute Gasteiger partial charge is 0.309 e. The molecule has 0 amide bonds. The van der Waals surface area contributed by atoms with Gasteiger partial charge < -0.3 is 4.57 Å². The standard InChI is InChI=1S/C42H25N3/c1-43-29-21-24-40-36(26-29)35-25-28(20-23-39(35)45(40)30-12-3-2-4-13-30)41-31-14-6-8-16-33(31)42(34-17-9-7-15-32(34)41)38-22-19-27-11-5-10-18-37(27)44-38/h2-26H. The van der Waals surface area contributed by atoms with Gasteiger partial charge in [-0.15, -0.1) is 0 Å². The van der Waals surface area contributed by atoms with Crippen LogP contribution in [-0.2, 0) is 0 Å². The summed E-state index contributed by atoms with van der Waals surface area (Å²) < 4.78 is 2.30. The van der Waals surface area contributed by atoms with Gasteiger partial charge in [-0.05, 0) is 86.6 Å². The third-order valence-electron chi connectivity index (χ3n) is 8.97. The van der Waals surface area contributed by atoms with Gasteiger partial charge in [-0.25, -0.2) is 9.83 Å². The minimum atomic E-state index is 0.642. The molecule has 0 radical (unpaired) electrons. The maximum Gasteiger partial charge on any atom is 0.188 e. The smallest absolute Gasteiger partial charge is 0.188 e. The van der Waals surface area contributed by atoms with Crippen molar-refractivity contribution in [2.45, 2.75) is 0 Å². The Bertz CT molecular complexity index is 2600. The molecule has 0 aliphatic carbocycles. The Kier molecular flexibility index (Phi) is 5.57. The van der Waals surface area contributed by atoms with E-state index in [-0.39, 0.29) is 0 Å². The van der Waals surface area contributed by atoms with Gasteiger partial charge in [0.05, 0.1) is 28.8 Å². The molecule has 2 aromatic heterocycles. The van der Waals surface area contributed by atoms with Crippen LogP contribution in [-0.4, -0.2) is 9.55 Å². The topological polar surface area (TPSA) is 22.2 Å². The van der Waals surface area contributed by atoms with Gasteiger partial charge in [-0.3, -0.25) is 0 Å². The third kappa shape index (κ3) is 3.87. The van der Waals surface area contributed by atoms with Crippen molar-refractivity contribution in [3.63, 3.8) is 0 Å². The van der Waals surface area contributed by atoms with E-state index in [1.54, 1.807) is 0 Å². The van der Waals surface area contributed by atoms with Crippen LogP contribution in [0.15, 0.2) is 152 Å². The Morgan fingerprint density at radius 3 is 1.80 bits per heavy atom. The summed E-state index contributed by atoms with van der Waals surface area (Å²) in [4.78, 5) is 8.91. The molecule has 208 valence electrons. The maximum absolute atomic E-state index is 7.70. The number of hydrogen-bond donors (Lipinski definition) is 0. The van der Waals surface area contributed by atoms with Crippen molar-refractivity contribution in [2.75, 3.05) is 0 Å². The van der Waals surface area contributed by atoms with E-state index >= 15 is 0 Å². The molecule has 9 aromatic rings. The van der Waals surface area contributed by atoms with Gasteiger partial charge >= 0.3 is 0 Å². The lowest BCUT2D eigenvalue weighted by atomic mass is 9.87. The molecule has 7 aromatic carbocycles. The first-order valence-corrected chi connectivity index (χ1v) is 15.1. The van der Waals surface area contributed by atoms with E-state index in [0.29, 0.717) is 5.69 Å². The van der Waals surface area contributed by atoms with Gasteiger partial charge in [0.15, 0.2) is 5.69 Å². The molecular weight excluding hydrogens is 546 g/mol. The molecule has 0 aliphatic rings. The van der Waals surface area contributed by atoms with Crippen LogP contribution in [0.3, 0.4) is 0 Å². The first-order chi connectivity index (χ1) is 22.3. The highest BCUT2D eigenvalue weighted by molar-refractivity contribution is 6.22. The summed E-state index contributed by atoms with van der Waals surface area (Å²) >= 11 is 0. The van der Waals surface area contributed by atoms with Crippen LogP contribution < -0.4 is 0 Å². The molecule has 0 spiro atoms. The zero-order valence-electron chi connectivity index (χ0n) is 24.3. The highest BCUT2D eigenvalue weighted by Gasteiger charge is 2.19. The molecule has 45 heavy (non-hydrogen) atoms. The van der Waals surface area contributed by atoms with Gasteiger partial charge in [0.1, 0.15) is 0 Å². The number of fused-ring (bicyclic) bond motifs is 6. The van der Waals surface area contributed by atoms with Crippen molar-refractivity contribution in [3.8, 4) is 28.1 Å². The molecule has 0 atom stereocenters. The number of nitrogens with zero attached hydrogens (tertiary/aromatic N) is 3. The van der Waals surface area contributed by atoms with Crippen LogP contribution in [0.4, 0.5) is 5.69 Å². The molecule has 3 heteroatoms. The number of aromatic nitrogens is 2. The summed E-state index contributed by atoms with van der Waals surface area (Å²) in [6, 6.07) is 53.3. The zero-order chi connectivity index (χ0) is 29.9. The van der Waals surface area contributed by atoms with Crippen molar-refractivity contribution in [1.82, 2.24) is 9.55 Å².